The number of H-pyrrole nitrogens is 1. The van der Waals surface area contributed by atoms with Gasteiger partial charge in [0.05, 0.1) is 25.7 Å². The van der Waals surface area contributed by atoms with Gasteiger partial charge in [-0.2, -0.15) is 0 Å². The fourth-order valence-electron chi connectivity index (χ4n) is 1.65. The lowest BCUT2D eigenvalue weighted by atomic mass is 10.2. The Balaban J connectivity index is 1.70. The van der Waals surface area contributed by atoms with E-state index in [0.29, 0.717) is 25.5 Å². The number of carbonyl (C=O) groups excluding carboxylic acids is 1. The minimum Gasteiger partial charge on any atom is -0.375 e. The average molecular weight is 259 g/mol. The Bertz CT molecular complexity index is 497. The molecule has 5 nitrogen and oxygen atoms in total. The molecule has 0 bridgehead atoms. The third-order valence-corrected chi connectivity index (χ3v) is 2.76. The van der Waals surface area contributed by atoms with Gasteiger partial charge in [0, 0.05) is 13.6 Å². The topological polar surface area (TPSA) is 58.2 Å². The van der Waals surface area contributed by atoms with Crippen LogP contribution < -0.4 is 0 Å². The molecule has 1 N–H and O–H groups in total. The first kappa shape index (κ1) is 13.3. The number of benzene rings is 1. The summed E-state index contributed by atoms with van der Waals surface area (Å²) in [6.07, 6.45) is 3.01. The molecule has 2 rings (SSSR count). The van der Waals surface area contributed by atoms with Gasteiger partial charge in [0.2, 0.25) is 0 Å². The molecule has 0 atom stereocenters. The van der Waals surface area contributed by atoms with E-state index in [9.17, 15) is 4.79 Å². The third-order valence-electron chi connectivity index (χ3n) is 2.76. The van der Waals surface area contributed by atoms with Gasteiger partial charge >= 0.3 is 0 Å². The lowest BCUT2D eigenvalue weighted by Gasteiger charge is -2.16. The molecule has 1 heterocycles. The smallest absolute Gasteiger partial charge is 0.271 e. The Hall–Kier alpha value is -2.14. The van der Waals surface area contributed by atoms with Crippen molar-refractivity contribution in [2.75, 3.05) is 20.2 Å². The van der Waals surface area contributed by atoms with Crippen LogP contribution in [0.3, 0.4) is 0 Å². The number of hydrogen-bond donors (Lipinski definition) is 1. The zero-order valence-corrected chi connectivity index (χ0v) is 10.9. The van der Waals surface area contributed by atoms with Crippen molar-refractivity contribution in [2.24, 2.45) is 0 Å². The largest absolute Gasteiger partial charge is 0.375 e. The fourth-order valence-corrected chi connectivity index (χ4v) is 1.65. The molecular weight excluding hydrogens is 242 g/mol. The van der Waals surface area contributed by atoms with Crippen molar-refractivity contribution in [1.29, 1.82) is 0 Å². The number of aromatic nitrogens is 2. The van der Waals surface area contributed by atoms with E-state index in [1.807, 2.05) is 30.3 Å². The molecular formula is C14H17N3O2. The predicted molar refractivity (Wildman–Crippen MR) is 71.6 cm³/mol. The summed E-state index contributed by atoms with van der Waals surface area (Å²) in [5, 5.41) is 0. The molecule has 1 aromatic heterocycles. The second-order valence-electron chi connectivity index (χ2n) is 4.23. The molecule has 1 aromatic carbocycles. The molecule has 100 valence electrons. The summed E-state index contributed by atoms with van der Waals surface area (Å²) < 4.78 is 5.54. The summed E-state index contributed by atoms with van der Waals surface area (Å²) in [6, 6.07) is 9.96. The van der Waals surface area contributed by atoms with Crippen LogP contribution in [0.25, 0.3) is 0 Å². The van der Waals surface area contributed by atoms with Gasteiger partial charge in [0.15, 0.2) is 0 Å². The van der Waals surface area contributed by atoms with E-state index >= 15 is 0 Å². The molecule has 0 spiro atoms. The number of amides is 1. The molecule has 0 aliphatic carbocycles. The minimum absolute atomic E-state index is 0.0826. The second-order valence-corrected chi connectivity index (χ2v) is 4.23. The number of likely N-dealkylation sites (N-methyl/N-ethyl adjacent to an activating group) is 1. The second kappa shape index (κ2) is 6.70. The van der Waals surface area contributed by atoms with Crippen molar-refractivity contribution in [3.05, 3.63) is 54.1 Å². The van der Waals surface area contributed by atoms with E-state index in [1.165, 1.54) is 12.5 Å². The highest BCUT2D eigenvalue weighted by Gasteiger charge is 2.12. The zero-order chi connectivity index (χ0) is 13.5. The van der Waals surface area contributed by atoms with Crippen molar-refractivity contribution >= 4 is 5.91 Å². The SMILES string of the molecule is CN(CCOCc1ccccc1)C(=O)c1cnc[nH]1. The van der Waals surface area contributed by atoms with Crippen LogP contribution in [0, 0.1) is 0 Å². The maximum absolute atomic E-state index is 11.9. The summed E-state index contributed by atoms with van der Waals surface area (Å²) in [5.41, 5.74) is 1.62. The molecule has 5 heteroatoms. The first-order valence-corrected chi connectivity index (χ1v) is 6.13. The summed E-state index contributed by atoms with van der Waals surface area (Å²) in [7, 11) is 1.75. The number of rotatable bonds is 6. The van der Waals surface area contributed by atoms with E-state index < -0.39 is 0 Å². The number of ether oxygens (including phenoxy) is 1. The van der Waals surface area contributed by atoms with Crippen molar-refractivity contribution in [1.82, 2.24) is 14.9 Å². The molecule has 2 aromatic rings. The van der Waals surface area contributed by atoms with E-state index in [4.69, 9.17) is 4.74 Å². The Morgan fingerprint density at radius 2 is 2.16 bits per heavy atom. The van der Waals surface area contributed by atoms with Crippen molar-refractivity contribution < 1.29 is 9.53 Å². The highest BCUT2D eigenvalue weighted by atomic mass is 16.5. The van der Waals surface area contributed by atoms with Gasteiger partial charge in [-0.3, -0.25) is 4.79 Å². The number of carbonyl (C=O) groups is 1. The van der Waals surface area contributed by atoms with E-state index in [1.54, 1.807) is 11.9 Å². The average Bonchev–Trinajstić information content (AvgIpc) is 2.98. The normalized spacial score (nSPS) is 10.4. The predicted octanol–water partition coefficient (Wildman–Crippen LogP) is 1.70. The molecule has 0 radical (unpaired) electrons. The molecule has 0 saturated heterocycles. The standard InChI is InChI=1S/C14H17N3O2/c1-17(14(18)13-9-15-11-16-13)7-8-19-10-12-5-3-2-4-6-12/h2-6,9,11H,7-8,10H2,1H3,(H,15,16). The lowest BCUT2D eigenvalue weighted by Crippen LogP contribution is -2.30. The van der Waals surface area contributed by atoms with Gasteiger partial charge in [-0.15, -0.1) is 0 Å². The van der Waals surface area contributed by atoms with Crippen molar-refractivity contribution in [3.63, 3.8) is 0 Å². The number of nitrogens with zero attached hydrogens (tertiary/aromatic N) is 2. The molecule has 1 amide bonds. The molecule has 0 aliphatic rings. The van der Waals surface area contributed by atoms with Gasteiger partial charge in [-0.25, -0.2) is 4.98 Å². The van der Waals surface area contributed by atoms with Gasteiger partial charge < -0.3 is 14.6 Å². The maximum Gasteiger partial charge on any atom is 0.271 e. The molecule has 19 heavy (non-hydrogen) atoms. The summed E-state index contributed by atoms with van der Waals surface area (Å²) in [5.74, 6) is -0.0826. The zero-order valence-electron chi connectivity index (χ0n) is 10.9. The van der Waals surface area contributed by atoms with Crippen LogP contribution in [0.1, 0.15) is 16.1 Å². The molecule has 0 aliphatic heterocycles. The molecule has 0 saturated carbocycles. The Morgan fingerprint density at radius 1 is 1.37 bits per heavy atom. The first-order chi connectivity index (χ1) is 9.27. The van der Waals surface area contributed by atoms with Crippen LogP contribution in [0.2, 0.25) is 0 Å². The maximum atomic E-state index is 11.9. The Morgan fingerprint density at radius 3 is 2.84 bits per heavy atom. The number of aromatic amines is 1. The van der Waals surface area contributed by atoms with Crippen LogP contribution in [-0.4, -0.2) is 41.0 Å². The quantitative estimate of drug-likeness (QED) is 0.803. The summed E-state index contributed by atoms with van der Waals surface area (Å²) in [4.78, 5) is 20.1. The van der Waals surface area contributed by atoms with Crippen molar-refractivity contribution in [3.8, 4) is 0 Å². The molecule has 0 unspecified atom stereocenters. The summed E-state index contributed by atoms with van der Waals surface area (Å²) >= 11 is 0. The van der Waals surface area contributed by atoms with Crippen molar-refractivity contribution in [2.45, 2.75) is 6.61 Å². The van der Waals surface area contributed by atoms with Crippen LogP contribution in [0.15, 0.2) is 42.9 Å². The number of imidazole rings is 1. The highest BCUT2D eigenvalue weighted by molar-refractivity contribution is 5.91. The van der Waals surface area contributed by atoms with Gasteiger partial charge in [0.1, 0.15) is 5.69 Å². The van der Waals surface area contributed by atoms with E-state index in [2.05, 4.69) is 9.97 Å². The van der Waals surface area contributed by atoms with Gasteiger partial charge in [-0.1, -0.05) is 30.3 Å². The van der Waals surface area contributed by atoms with Crippen LogP contribution >= 0.6 is 0 Å². The van der Waals surface area contributed by atoms with E-state index in [-0.39, 0.29) is 5.91 Å². The van der Waals surface area contributed by atoms with Crippen LogP contribution in [0.4, 0.5) is 0 Å². The number of hydrogen-bond acceptors (Lipinski definition) is 3. The fraction of sp³-hybridized carbons (Fsp3) is 0.286. The molecule has 0 fully saturated rings. The van der Waals surface area contributed by atoms with E-state index in [0.717, 1.165) is 5.56 Å². The third kappa shape index (κ3) is 3.93. The monoisotopic (exact) mass is 259 g/mol. The Labute approximate surface area is 112 Å². The summed E-state index contributed by atoms with van der Waals surface area (Å²) in [6.45, 7) is 1.61. The minimum atomic E-state index is -0.0826. The van der Waals surface area contributed by atoms with Crippen LogP contribution in [0.5, 0.6) is 0 Å². The van der Waals surface area contributed by atoms with Gasteiger partial charge in [-0.05, 0) is 5.56 Å². The van der Waals surface area contributed by atoms with Gasteiger partial charge in [0.25, 0.3) is 5.91 Å². The van der Waals surface area contributed by atoms with Crippen LogP contribution in [-0.2, 0) is 11.3 Å². The number of nitrogens with one attached hydrogen (secondary N) is 1. The highest BCUT2D eigenvalue weighted by Crippen LogP contribution is 2.01. The first-order valence-electron chi connectivity index (χ1n) is 6.13. The lowest BCUT2D eigenvalue weighted by molar-refractivity contribution is 0.0666. The Kier molecular flexibility index (Phi) is 4.69.